The number of hydrogen-bond acceptors (Lipinski definition) is 5. The molecule has 0 saturated heterocycles. The summed E-state index contributed by atoms with van der Waals surface area (Å²) < 4.78 is 53.9. The highest BCUT2D eigenvalue weighted by Crippen LogP contribution is 2.23. The first kappa shape index (κ1) is 26.2. The van der Waals surface area contributed by atoms with Crippen LogP contribution in [0.2, 0.25) is 0 Å². The van der Waals surface area contributed by atoms with Gasteiger partial charge in [-0.1, -0.05) is 23.8 Å². The van der Waals surface area contributed by atoms with E-state index in [0.717, 1.165) is 32.8 Å². The van der Waals surface area contributed by atoms with Gasteiger partial charge in [0.15, 0.2) is 0 Å². The third kappa shape index (κ3) is 6.83. The molecule has 0 aliphatic carbocycles. The van der Waals surface area contributed by atoms with Crippen molar-refractivity contribution in [3.63, 3.8) is 0 Å². The van der Waals surface area contributed by atoms with Crippen molar-refractivity contribution in [2.45, 2.75) is 32.6 Å². The van der Waals surface area contributed by atoms with Gasteiger partial charge >= 0.3 is 0 Å². The second-order valence-corrected chi connectivity index (χ2v) is 12.2. The van der Waals surface area contributed by atoms with Crippen LogP contribution in [0, 0.1) is 27.7 Å². The van der Waals surface area contributed by atoms with Crippen LogP contribution in [-0.2, 0) is 24.8 Å². The Bertz CT molecular complexity index is 1450. The Labute approximate surface area is 207 Å². The van der Waals surface area contributed by atoms with Crippen LogP contribution in [0.4, 0.5) is 17.1 Å². The molecule has 0 radical (unpaired) electrons. The molecule has 8 nitrogen and oxygen atoms in total. The molecule has 0 atom stereocenters. The molecule has 2 N–H and O–H groups in total. The summed E-state index contributed by atoms with van der Waals surface area (Å²) in [4.78, 5) is 12.7. The lowest BCUT2D eigenvalue weighted by Gasteiger charge is -2.23. The lowest BCUT2D eigenvalue weighted by atomic mass is 10.1. The lowest BCUT2D eigenvalue weighted by Crippen LogP contribution is -2.37. The second kappa shape index (κ2) is 10.1. The summed E-state index contributed by atoms with van der Waals surface area (Å²) >= 11 is 0. The van der Waals surface area contributed by atoms with E-state index in [1.54, 1.807) is 18.2 Å². The molecular formula is C25H29N3O5S2. The minimum atomic E-state index is -3.83. The van der Waals surface area contributed by atoms with Crippen molar-refractivity contribution < 1.29 is 21.6 Å². The number of nitrogens with zero attached hydrogens (tertiary/aromatic N) is 1. The van der Waals surface area contributed by atoms with Gasteiger partial charge in [-0.15, -0.1) is 0 Å². The van der Waals surface area contributed by atoms with Gasteiger partial charge in [0.05, 0.1) is 22.5 Å². The quantitative estimate of drug-likeness (QED) is 0.469. The monoisotopic (exact) mass is 515 g/mol. The molecular weight excluding hydrogens is 486 g/mol. The molecule has 0 fully saturated rings. The van der Waals surface area contributed by atoms with E-state index in [0.29, 0.717) is 17.1 Å². The van der Waals surface area contributed by atoms with Crippen LogP contribution in [0.1, 0.15) is 22.3 Å². The number of nitrogens with one attached hydrogen (secondary N) is 2. The molecule has 3 aromatic carbocycles. The first-order valence-corrected chi connectivity index (χ1v) is 14.1. The fourth-order valence-electron chi connectivity index (χ4n) is 3.67. The molecule has 35 heavy (non-hydrogen) atoms. The average Bonchev–Trinajstić information content (AvgIpc) is 2.73. The number of carbonyl (C=O) groups excluding carboxylic acids is 1. The van der Waals surface area contributed by atoms with Crippen molar-refractivity contribution in [3.8, 4) is 0 Å². The van der Waals surface area contributed by atoms with Gasteiger partial charge in [-0.25, -0.2) is 16.8 Å². The molecule has 0 aliphatic rings. The van der Waals surface area contributed by atoms with Crippen LogP contribution in [-0.4, -0.2) is 35.5 Å². The van der Waals surface area contributed by atoms with Crippen molar-refractivity contribution in [2.24, 2.45) is 0 Å². The van der Waals surface area contributed by atoms with Crippen LogP contribution < -0.4 is 14.3 Å². The van der Waals surface area contributed by atoms with Gasteiger partial charge in [0.2, 0.25) is 15.9 Å². The van der Waals surface area contributed by atoms with Gasteiger partial charge in [0.25, 0.3) is 10.0 Å². The normalized spacial score (nSPS) is 11.7. The smallest absolute Gasteiger partial charge is 0.261 e. The Balaban J connectivity index is 1.74. The van der Waals surface area contributed by atoms with Gasteiger partial charge in [-0.05, 0) is 86.8 Å². The predicted octanol–water partition coefficient (Wildman–Crippen LogP) is 4.13. The first-order valence-electron chi connectivity index (χ1n) is 10.8. The Kier molecular flexibility index (Phi) is 7.56. The van der Waals surface area contributed by atoms with Gasteiger partial charge < -0.3 is 5.32 Å². The van der Waals surface area contributed by atoms with Crippen molar-refractivity contribution >= 4 is 43.0 Å². The molecule has 0 saturated carbocycles. The van der Waals surface area contributed by atoms with Gasteiger partial charge in [-0.3, -0.25) is 13.8 Å². The average molecular weight is 516 g/mol. The number of anilines is 3. The summed E-state index contributed by atoms with van der Waals surface area (Å²) in [5.41, 5.74) is 4.81. The Morgan fingerprint density at radius 1 is 0.800 bits per heavy atom. The standard InChI is InChI=1S/C25H29N3O5S2/c1-17-6-11-24(20(4)13-17)27-35(32,33)23-9-7-21(8-10-23)26-25(29)16-28(34(5,30)31)22-14-18(2)12-19(3)15-22/h6-15,27H,16H2,1-5H3,(H,26,29). The van der Waals surface area contributed by atoms with Crippen LogP contribution in [0.25, 0.3) is 0 Å². The maximum Gasteiger partial charge on any atom is 0.261 e. The molecule has 0 spiro atoms. The van der Waals surface area contributed by atoms with Crippen LogP contribution in [0.3, 0.4) is 0 Å². The summed E-state index contributed by atoms with van der Waals surface area (Å²) in [6, 6.07) is 16.4. The topological polar surface area (TPSA) is 113 Å². The molecule has 186 valence electrons. The zero-order valence-corrected chi connectivity index (χ0v) is 21.9. The maximum absolute atomic E-state index is 12.8. The molecule has 0 aliphatic heterocycles. The number of amides is 1. The van der Waals surface area contributed by atoms with E-state index in [4.69, 9.17) is 0 Å². The molecule has 0 unspecified atom stereocenters. The van der Waals surface area contributed by atoms with Gasteiger partial charge in [-0.2, -0.15) is 0 Å². The van der Waals surface area contributed by atoms with E-state index in [1.807, 2.05) is 45.9 Å². The highest BCUT2D eigenvalue weighted by molar-refractivity contribution is 7.92. The summed E-state index contributed by atoms with van der Waals surface area (Å²) in [5.74, 6) is -0.557. The second-order valence-electron chi connectivity index (χ2n) is 8.61. The molecule has 3 aromatic rings. The molecule has 10 heteroatoms. The number of carbonyl (C=O) groups is 1. The van der Waals surface area contributed by atoms with Gasteiger partial charge in [0, 0.05) is 5.69 Å². The summed E-state index contributed by atoms with van der Waals surface area (Å²) in [6.45, 7) is 7.02. The zero-order chi connectivity index (χ0) is 26.0. The molecule has 1 amide bonds. The minimum absolute atomic E-state index is 0.0310. The fraction of sp³-hybridized carbons (Fsp3) is 0.240. The number of benzene rings is 3. The Morgan fingerprint density at radius 2 is 1.40 bits per heavy atom. The highest BCUT2D eigenvalue weighted by Gasteiger charge is 2.22. The van der Waals surface area contributed by atoms with Crippen LogP contribution in [0.15, 0.2) is 65.6 Å². The van der Waals surface area contributed by atoms with Crippen LogP contribution in [0.5, 0.6) is 0 Å². The van der Waals surface area contributed by atoms with E-state index < -0.39 is 32.5 Å². The predicted molar refractivity (Wildman–Crippen MR) is 140 cm³/mol. The van der Waals surface area contributed by atoms with E-state index in [1.165, 1.54) is 24.3 Å². The summed E-state index contributed by atoms with van der Waals surface area (Å²) in [7, 11) is -7.54. The van der Waals surface area contributed by atoms with E-state index in [2.05, 4.69) is 10.0 Å². The van der Waals surface area contributed by atoms with Crippen molar-refractivity contribution in [1.29, 1.82) is 0 Å². The number of hydrogen-bond donors (Lipinski definition) is 2. The number of rotatable bonds is 8. The fourth-order valence-corrected chi connectivity index (χ4v) is 5.65. The summed E-state index contributed by atoms with van der Waals surface area (Å²) in [5, 5.41) is 2.63. The van der Waals surface area contributed by atoms with Crippen molar-refractivity contribution in [3.05, 3.63) is 82.9 Å². The minimum Gasteiger partial charge on any atom is -0.325 e. The first-order chi connectivity index (χ1) is 16.2. The molecule has 3 rings (SSSR count). The zero-order valence-electron chi connectivity index (χ0n) is 20.3. The van der Waals surface area contributed by atoms with E-state index in [9.17, 15) is 21.6 Å². The summed E-state index contributed by atoms with van der Waals surface area (Å²) in [6.07, 6.45) is 1.04. The largest absolute Gasteiger partial charge is 0.325 e. The van der Waals surface area contributed by atoms with Crippen molar-refractivity contribution in [1.82, 2.24) is 0 Å². The molecule has 0 heterocycles. The van der Waals surface area contributed by atoms with E-state index in [-0.39, 0.29) is 4.90 Å². The van der Waals surface area contributed by atoms with E-state index >= 15 is 0 Å². The third-order valence-electron chi connectivity index (χ3n) is 5.26. The van der Waals surface area contributed by atoms with Crippen molar-refractivity contribution in [2.75, 3.05) is 27.1 Å². The Hall–Kier alpha value is -3.37. The SMILES string of the molecule is Cc1cc(C)cc(N(CC(=O)Nc2ccc(S(=O)(=O)Nc3ccc(C)cc3C)cc2)S(C)(=O)=O)c1. The number of aryl methyl sites for hydroxylation is 4. The molecule has 0 bridgehead atoms. The number of sulfonamides is 2. The highest BCUT2D eigenvalue weighted by atomic mass is 32.2. The third-order valence-corrected chi connectivity index (χ3v) is 7.78. The van der Waals surface area contributed by atoms with Gasteiger partial charge in [0.1, 0.15) is 6.54 Å². The maximum atomic E-state index is 12.8. The lowest BCUT2D eigenvalue weighted by molar-refractivity contribution is -0.114. The molecule has 0 aromatic heterocycles. The Morgan fingerprint density at radius 3 is 1.94 bits per heavy atom. The van der Waals surface area contributed by atoms with Crippen LogP contribution >= 0.6 is 0 Å².